The maximum atomic E-state index is 11.8. The number of aromatic nitrogens is 1. The van der Waals surface area contributed by atoms with Gasteiger partial charge in [-0.25, -0.2) is 9.78 Å². The first-order valence-electron chi connectivity index (χ1n) is 6.38. The van der Waals surface area contributed by atoms with Crippen LogP contribution in [0.15, 0.2) is 18.3 Å². The SMILES string of the molecule is CN(C)C(=O)c1ccc(N2CCNCC2C(=O)O)nc1. The normalized spacial score (nSPS) is 18.7. The van der Waals surface area contributed by atoms with E-state index in [-0.39, 0.29) is 5.91 Å². The second kappa shape index (κ2) is 5.87. The highest BCUT2D eigenvalue weighted by atomic mass is 16.4. The molecule has 1 fully saturated rings. The van der Waals surface area contributed by atoms with Gasteiger partial charge in [0.2, 0.25) is 0 Å². The van der Waals surface area contributed by atoms with Crippen LogP contribution in [0.5, 0.6) is 0 Å². The predicted octanol–water partition coefficient (Wildman–Crippen LogP) is -0.354. The first kappa shape index (κ1) is 14.3. The molecule has 0 saturated carbocycles. The number of aliphatic carboxylic acids is 1. The zero-order valence-corrected chi connectivity index (χ0v) is 11.5. The highest BCUT2D eigenvalue weighted by molar-refractivity contribution is 5.93. The van der Waals surface area contributed by atoms with Crippen molar-refractivity contribution < 1.29 is 14.7 Å². The van der Waals surface area contributed by atoms with Crippen LogP contribution >= 0.6 is 0 Å². The molecule has 7 heteroatoms. The van der Waals surface area contributed by atoms with E-state index in [1.807, 2.05) is 0 Å². The molecule has 1 atom stereocenters. The van der Waals surface area contributed by atoms with Gasteiger partial charge in [0.15, 0.2) is 0 Å². The molecular weight excluding hydrogens is 260 g/mol. The Labute approximate surface area is 117 Å². The molecule has 0 spiro atoms. The molecule has 1 amide bonds. The summed E-state index contributed by atoms with van der Waals surface area (Å²) in [6.45, 7) is 1.67. The van der Waals surface area contributed by atoms with Crippen LogP contribution < -0.4 is 10.2 Å². The standard InChI is InChI=1S/C13H18N4O3/c1-16(2)12(18)9-3-4-11(15-7-9)17-6-5-14-8-10(17)13(19)20/h3-4,7,10,14H,5-6,8H2,1-2H3,(H,19,20). The topological polar surface area (TPSA) is 85.8 Å². The lowest BCUT2D eigenvalue weighted by Gasteiger charge is -2.34. The first-order valence-corrected chi connectivity index (χ1v) is 6.38. The fourth-order valence-corrected chi connectivity index (χ4v) is 2.14. The Morgan fingerprint density at radius 2 is 2.20 bits per heavy atom. The zero-order valence-electron chi connectivity index (χ0n) is 11.5. The van der Waals surface area contributed by atoms with E-state index < -0.39 is 12.0 Å². The van der Waals surface area contributed by atoms with Crippen LogP contribution in [0.2, 0.25) is 0 Å². The van der Waals surface area contributed by atoms with Gasteiger partial charge < -0.3 is 20.2 Å². The molecule has 1 aliphatic heterocycles. The number of nitrogens with zero attached hydrogens (tertiary/aromatic N) is 3. The summed E-state index contributed by atoms with van der Waals surface area (Å²) >= 11 is 0. The van der Waals surface area contributed by atoms with Crippen molar-refractivity contribution >= 4 is 17.7 Å². The molecule has 20 heavy (non-hydrogen) atoms. The Morgan fingerprint density at radius 3 is 2.75 bits per heavy atom. The monoisotopic (exact) mass is 278 g/mol. The van der Waals surface area contributed by atoms with Crippen molar-refractivity contribution in [2.24, 2.45) is 0 Å². The molecule has 1 aromatic rings. The van der Waals surface area contributed by atoms with Gasteiger partial charge in [0.1, 0.15) is 11.9 Å². The summed E-state index contributed by atoms with van der Waals surface area (Å²) in [5, 5.41) is 12.3. The summed E-state index contributed by atoms with van der Waals surface area (Å²) in [4.78, 5) is 30.4. The van der Waals surface area contributed by atoms with Crippen molar-refractivity contribution in [3.05, 3.63) is 23.9 Å². The summed E-state index contributed by atoms with van der Waals surface area (Å²) in [5.41, 5.74) is 0.487. The lowest BCUT2D eigenvalue weighted by atomic mass is 10.2. The van der Waals surface area contributed by atoms with E-state index >= 15 is 0 Å². The van der Waals surface area contributed by atoms with E-state index in [1.54, 1.807) is 31.1 Å². The van der Waals surface area contributed by atoms with Gasteiger partial charge in [-0.15, -0.1) is 0 Å². The molecule has 2 N–H and O–H groups in total. The van der Waals surface area contributed by atoms with Crippen LogP contribution in [0.1, 0.15) is 10.4 Å². The zero-order chi connectivity index (χ0) is 14.7. The summed E-state index contributed by atoms with van der Waals surface area (Å²) in [5.74, 6) is -0.430. The third kappa shape index (κ3) is 2.88. The summed E-state index contributed by atoms with van der Waals surface area (Å²) < 4.78 is 0. The van der Waals surface area contributed by atoms with Crippen molar-refractivity contribution in [2.75, 3.05) is 38.6 Å². The molecule has 0 radical (unpaired) electrons. The minimum Gasteiger partial charge on any atom is -0.480 e. The number of rotatable bonds is 3. The van der Waals surface area contributed by atoms with Gasteiger partial charge in [0, 0.05) is 39.9 Å². The van der Waals surface area contributed by atoms with Crippen LogP contribution in [0, 0.1) is 0 Å². The number of carboxylic acid groups (broad SMARTS) is 1. The molecule has 0 aliphatic carbocycles. The number of carboxylic acids is 1. The Morgan fingerprint density at radius 1 is 1.45 bits per heavy atom. The van der Waals surface area contributed by atoms with Crippen molar-refractivity contribution in [1.82, 2.24) is 15.2 Å². The second-order valence-corrected chi connectivity index (χ2v) is 4.86. The van der Waals surface area contributed by atoms with Gasteiger partial charge in [-0.1, -0.05) is 0 Å². The van der Waals surface area contributed by atoms with Gasteiger partial charge in [-0.3, -0.25) is 4.79 Å². The van der Waals surface area contributed by atoms with Crippen molar-refractivity contribution in [2.45, 2.75) is 6.04 Å². The molecular formula is C13H18N4O3. The van der Waals surface area contributed by atoms with Gasteiger partial charge in [0.05, 0.1) is 5.56 Å². The summed E-state index contributed by atoms with van der Waals surface area (Å²) in [7, 11) is 3.35. The van der Waals surface area contributed by atoms with Crippen molar-refractivity contribution in [1.29, 1.82) is 0 Å². The summed E-state index contributed by atoms with van der Waals surface area (Å²) in [6, 6.07) is 2.73. The van der Waals surface area contributed by atoms with Crippen LogP contribution in [0.3, 0.4) is 0 Å². The average molecular weight is 278 g/mol. The van der Waals surface area contributed by atoms with Crippen LogP contribution in [0.4, 0.5) is 5.82 Å². The number of anilines is 1. The highest BCUT2D eigenvalue weighted by Crippen LogP contribution is 2.16. The van der Waals surface area contributed by atoms with Gasteiger partial charge in [0.25, 0.3) is 5.91 Å². The van der Waals surface area contributed by atoms with E-state index in [1.165, 1.54) is 11.1 Å². The van der Waals surface area contributed by atoms with E-state index in [0.29, 0.717) is 31.0 Å². The van der Waals surface area contributed by atoms with Crippen molar-refractivity contribution in [3.63, 3.8) is 0 Å². The number of nitrogens with one attached hydrogen (secondary N) is 1. The van der Waals surface area contributed by atoms with E-state index in [9.17, 15) is 14.7 Å². The minimum absolute atomic E-state index is 0.126. The number of hydrogen-bond donors (Lipinski definition) is 2. The molecule has 1 aromatic heterocycles. The molecule has 2 heterocycles. The minimum atomic E-state index is -0.882. The molecule has 2 rings (SSSR count). The lowest BCUT2D eigenvalue weighted by Crippen LogP contribution is -2.55. The highest BCUT2D eigenvalue weighted by Gasteiger charge is 2.29. The number of hydrogen-bond acceptors (Lipinski definition) is 5. The quantitative estimate of drug-likeness (QED) is 0.786. The Kier molecular flexibility index (Phi) is 4.19. The number of piperazine rings is 1. The van der Waals surface area contributed by atoms with Crippen LogP contribution in [0.25, 0.3) is 0 Å². The molecule has 1 saturated heterocycles. The summed E-state index contributed by atoms with van der Waals surface area (Å²) in [6.07, 6.45) is 1.48. The molecule has 7 nitrogen and oxygen atoms in total. The van der Waals surface area contributed by atoms with E-state index in [2.05, 4.69) is 10.3 Å². The van der Waals surface area contributed by atoms with Crippen LogP contribution in [-0.4, -0.2) is 66.6 Å². The van der Waals surface area contributed by atoms with Crippen molar-refractivity contribution in [3.8, 4) is 0 Å². The fraction of sp³-hybridized carbons (Fsp3) is 0.462. The van der Waals surface area contributed by atoms with Crippen LogP contribution in [-0.2, 0) is 4.79 Å². The number of pyridine rings is 1. The number of amides is 1. The Hall–Kier alpha value is -2.15. The first-order chi connectivity index (χ1) is 9.50. The average Bonchev–Trinajstić information content (AvgIpc) is 2.46. The maximum Gasteiger partial charge on any atom is 0.327 e. The van der Waals surface area contributed by atoms with E-state index in [0.717, 1.165) is 0 Å². The third-order valence-corrected chi connectivity index (χ3v) is 3.22. The van der Waals surface area contributed by atoms with E-state index in [4.69, 9.17) is 0 Å². The molecule has 1 unspecified atom stereocenters. The largest absolute Gasteiger partial charge is 0.480 e. The number of carbonyl (C=O) groups is 2. The fourth-order valence-electron chi connectivity index (χ4n) is 2.14. The third-order valence-electron chi connectivity index (χ3n) is 3.22. The second-order valence-electron chi connectivity index (χ2n) is 4.86. The molecule has 108 valence electrons. The smallest absolute Gasteiger partial charge is 0.327 e. The predicted molar refractivity (Wildman–Crippen MR) is 73.9 cm³/mol. The lowest BCUT2D eigenvalue weighted by molar-refractivity contribution is -0.138. The van der Waals surface area contributed by atoms with Gasteiger partial charge in [-0.2, -0.15) is 0 Å². The number of carbonyl (C=O) groups excluding carboxylic acids is 1. The van der Waals surface area contributed by atoms with Gasteiger partial charge >= 0.3 is 5.97 Å². The Bertz CT molecular complexity index is 501. The van der Waals surface area contributed by atoms with Gasteiger partial charge in [-0.05, 0) is 12.1 Å². The molecule has 0 aromatic carbocycles. The molecule has 0 bridgehead atoms. The molecule has 1 aliphatic rings. The maximum absolute atomic E-state index is 11.8. The Balaban J connectivity index is 2.20.